The molecule has 0 amide bonds. The molecule has 0 spiro atoms. The zero-order valence-corrected chi connectivity index (χ0v) is 14.1. The molecule has 0 aliphatic heterocycles. The molecule has 1 aromatic heterocycles. The van der Waals surface area contributed by atoms with Crippen LogP contribution in [-0.2, 0) is 4.74 Å². The standard InChI is InChI=1S/C17H13BrN2O3/c1-10-3-4-11(17(22)23-2)7-15(10)20-9-19-14-6-5-12(18)8-13(14)16(20)21/h3-9H,1-2H3. The monoisotopic (exact) mass is 372 g/mol. The van der Waals surface area contributed by atoms with Crippen molar-refractivity contribution in [3.63, 3.8) is 0 Å². The number of fused-ring (bicyclic) bond motifs is 1. The van der Waals surface area contributed by atoms with Crippen molar-refractivity contribution in [2.45, 2.75) is 6.92 Å². The second-order valence-corrected chi connectivity index (χ2v) is 5.99. The Labute approximate surface area is 140 Å². The molecule has 0 radical (unpaired) electrons. The Kier molecular flexibility index (Phi) is 4.00. The number of methoxy groups -OCH3 is 1. The van der Waals surface area contributed by atoms with Gasteiger partial charge in [0.2, 0.25) is 0 Å². The lowest BCUT2D eigenvalue weighted by Crippen LogP contribution is -2.20. The fraction of sp³-hybridized carbons (Fsp3) is 0.118. The van der Waals surface area contributed by atoms with Crippen LogP contribution >= 0.6 is 15.9 Å². The first-order valence-electron chi connectivity index (χ1n) is 6.87. The Morgan fingerprint density at radius 2 is 2.00 bits per heavy atom. The van der Waals surface area contributed by atoms with Gasteiger partial charge in [-0.3, -0.25) is 9.36 Å². The number of ether oxygens (including phenoxy) is 1. The number of halogens is 1. The zero-order chi connectivity index (χ0) is 16.6. The number of aryl methyl sites for hydroxylation is 1. The van der Waals surface area contributed by atoms with E-state index in [4.69, 9.17) is 4.74 Å². The van der Waals surface area contributed by atoms with Crippen LogP contribution in [0.15, 0.2) is 52.0 Å². The van der Waals surface area contributed by atoms with Crippen LogP contribution in [0.5, 0.6) is 0 Å². The summed E-state index contributed by atoms with van der Waals surface area (Å²) in [6, 6.07) is 10.4. The molecule has 0 saturated carbocycles. The number of esters is 1. The average Bonchev–Trinajstić information content (AvgIpc) is 2.56. The minimum absolute atomic E-state index is 0.193. The van der Waals surface area contributed by atoms with Crippen LogP contribution in [0, 0.1) is 6.92 Å². The normalized spacial score (nSPS) is 10.7. The number of benzene rings is 2. The van der Waals surface area contributed by atoms with Crippen LogP contribution in [-0.4, -0.2) is 22.6 Å². The van der Waals surface area contributed by atoms with Gasteiger partial charge in [-0.1, -0.05) is 22.0 Å². The van der Waals surface area contributed by atoms with Gasteiger partial charge in [0.05, 0.1) is 29.3 Å². The van der Waals surface area contributed by atoms with Gasteiger partial charge in [0.15, 0.2) is 0 Å². The highest BCUT2D eigenvalue weighted by molar-refractivity contribution is 9.10. The highest BCUT2D eigenvalue weighted by Gasteiger charge is 2.12. The van der Waals surface area contributed by atoms with Crippen LogP contribution in [0.25, 0.3) is 16.6 Å². The van der Waals surface area contributed by atoms with Crippen LogP contribution in [0.1, 0.15) is 15.9 Å². The van der Waals surface area contributed by atoms with Crippen molar-refractivity contribution in [2.75, 3.05) is 7.11 Å². The Balaban J connectivity index is 2.26. The molecule has 116 valence electrons. The number of hydrogen-bond acceptors (Lipinski definition) is 4. The second kappa shape index (κ2) is 5.96. The molecule has 1 heterocycles. The topological polar surface area (TPSA) is 61.2 Å². The Morgan fingerprint density at radius 1 is 1.22 bits per heavy atom. The number of rotatable bonds is 2. The first kappa shape index (κ1) is 15.4. The molecule has 0 unspecified atom stereocenters. The molecule has 0 N–H and O–H groups in total. The summed E-state index contributed by atoms with van der Waals surface area (Å²) < 4.78 is 6.98. The quantitative estimate of drug-likeness (QED) is 0.647. The van der Waals surface area contributed by atoms with Gasteiger partial charge in [-0.2, -0.15) is 0 Å². The van der Waals surface area contributed by atoms with Crippen molar-refractivity contribution in [1.29, 1.82) is 0 Å². The molecular formula is C17H13BrN2O3. The maximum absolute atomic E-state index is 12.8. The molecule has 0 atom stereocenters. The molecule has 0 fully saturated rings. The van der Waals surface area contributed by atoms with Crippen molar-refractivity contribution < 1.29 is 9.53 Å². The Bertz CT molecular complexity index is 979. The lowest BCUT2D eigenvalue weighted by atomic mass is 10.1. The highest BCUT2D eigenvalue weighted by atomic mass is 79.9. The number of nitrogens with zero attached hydrogens (tertiary/aromatic N) is 2. The summed E-state index contributed by atoms with van der Waals surface area (Å²) in [5.74, 6) is -0.448. The van der Waals surface area contributed by atoms with Crippen LogP contribution in [0.4, 0.5) is 0 Å². The fourth-order valence-electron chi connectivity index (χ4n) is 2.38. The first-order valence-corrected chi connectivity index (χ1v) is 7.67. The molecule has 23 heavy (non-hydrogen) atoms. The summed E-state index contributed by atoms with van der Waals surface area (Å²) in [5, 5.41) is 0.504. The SMILES string of the molecule is COC(=O)c1ccc(C)c(-n2cnc3ccc(Br)cc3c2=O)c1. The average molecular weight is 373 g/mol. The maximum atomic E-state index is 12.8. The third-order valence-corrected chi connectivity index (χ3v) is 4.10. The predicted octanol–water partition coefficient (Wildman–Crippen LogP) is 3.24. The van der Waals surface area contributed by atoms with Crippen LogP contribution in [0.2, 0.25) is 0 Å². The smallest absolute Gasteiger partial charge is 0.337 e. The molecular weight excluding hydrogens is 360 g/mol. The number of hydrogen-bond donors (Lipinski definition) is 0. The minimum Gasteiger partial charge on any atom is -0.465 e. The van der Waals surface area contributed by atoms with Gasteiger partial charge in [0.25, 0.3) is 5.56 Å². The lowest BCUT2D eigenvalue weighted by Gasteiger charge is -2.11. The Hall–Kier alpha value is -2.47. The lowest BCUT2D eigenvalue weighted by molar-refractivity contribution is 0.0600. The molecule has 2 aromatic carbocycles. The van der Waals surface area contributed by atoms with Crippen molar-refractivity contribution in [1.82, 2.24) is 9.55 Å². The van der Waals surface area contributed by atoms with Gasteiger partial charge in [0.1, 0.15) is 6.33 Å². The third kappa shape index (κ3) is 2.77. The van der Waals surface area contributed by atoms with Gasteiger partial charge in [-0.25, -0.2) is 9.78 Å². The van der Waals surface area contributed by atoms with E-state index in [0.717, 1.165) is 10.0 Å². The molecule has 0 saturated heterocycles. The molecule has 0 aliphatic rings. The number of carbonyl (C=O) groups excluding carboxylic acids is 1. The first-order chi connectivity index (χ1) is 11.0. The van der Waals surface area contributed by atoms with Crippen molar-refractivity contribution in [3.05, 3.63) is 68.7 Å². The highest BCUT2D eigenvalue weighted by Crippen LogP contribution is 2.18. The summed E-state index contributed by atoms with van der Waals surface area (Å²) in [4.78, 5) is 28.8. The van der Waals surface area contributed by atoms with E-state index in [1.54, 1.807) is 30.3 Å². The van der Waals surface area contributed by atoms with E-state index in [1.165, 1.54) is 18.0 Å². The van der Waals surface area contributed by atoms with E-state index in [2.05, 4.69) is 20.9 Å². The number of aromatic nitrogens is 2. The summed E-state index contributed by atoms with van der Waals surface area (Å²) in [7, 11) is 1.32. The van der Waals surface area contributed by atoms with Gasteiger partial charge >= 0.3 is 5.97 Å². The van der Waals surface area contributed by atoms with Gasteiger partial charge in [-0.15, -0.1) is 0 Å². The zero-order valence-electron chi connectivity index (χ0n) is 12.5. The molecule has 6 heteroatoms. The molecule has 3 aromatic rings. The fourth-order valence-corrected chi connectivity index (χ4v) is 2.74. The van der Waals surface area contributed by atoms with Crippen LogP contribution in [0.3, 0.4) is 0 Å². The van der Waals surface area contributed by atoms with E-state index in [-0.39, 0.29) is 5.56 Å². The second-order valence-electron chi connectivity index (χ2n) is 5.07. The minimum atomic E-state index is -0.448. The van der Waals surface area contributed by atoms with Gasteiger partial charge in [0, 0.05) is 4.47 Å². The van der Waals surface area contributed by atoms with E-state index < -0.39 is 5.97 Å². The maximum Gasteiger partial charge on any atom is 0.337 e. The Morgan fingerprint density at radius 3 is 2.74 bits per heavy atom. The van der Waals surface area contributed by atoms with Crippen molar-refractivity contribution in [3.8, 4) is 5.69 Å². The van der Waals surface area contributed by atoms with E-state index in [1.807, 2.05) is 13.0 Å². The van der Waals surface area contributed by atoms with Crippen LogP contribution < -0.4 is 5.56 Å². The van der Waals surface area contributed by atoms with Crippen molar-refractivity contribution >= 4 is 32.8 Å². The molecule has 0 aliphatic carbocycles. The van der Waals surface area contributed by atoms with E-state index in [9.17, 15) is 9.59 Å². The van der Waals surface area contributed by atoms with E-state index >= 15 is 0 Å². The molecule has 0 bridgehead atoms. The van der Waals surface area contributed by atoms with Crippen molar-refractivity contribution in [2.24, 2.45) is 0 Å². The summed E-state index contributed by atoms with van der Waals surface area (Å²) in [6.45, 7) is 1.87. The predicted molar refractivity (Wildman–Crippen MR) is 91.1 cm³/mol. The molecule has 5 nitrogen and oxygen atoms in total. The summed E-state index contributed by atoms with van der Waals surface area (Å²) >= 11 is 3.36. The summed E-state index contributed by atoms with van der Waals surface area (Å²) in [5.41, 5.74) is 2.27. The van der Waals surface area contributed by atoms with Gasteiger partial charge in [-0.05, 0) is 42.8 Å². The molecule has 3 rings (SSSR count). The largest absolute Gasteiger partial charge is 0.465 e. The van der Waals surface area contributed by atoms with E-state index in [0.29, 0.717) is 22.2 Å². The number of carbonyl (C=O) groups is 1. The van der Waals surface area contributed by atoms with Gasteiger partial charge < -0.3 is 4.74 Å². The third-order valence-electron chi connectivity index (χ3n) is 3.61. The summed E-state index contributed by atoms with van der Waals surface area (Å²) in [6.07, 6.45) is 1.47.